The molecule has 2 aromatic carbocycles. The van der Waals surface area contributed by atoms with Crippen molar-refractivity contribution in [2.45, 2.75) is 0 Å². The van der Waals surface area contributed by atoms with Crippen molar-refractivity contribution in [1.29, 1.82) is 0 Å². The maximum absolute atomic E-state index is 11.9. The maximum Gasteiger partial charge on any atom is 0.344 e. The molecule has 0 aliphatic rings. The summed E-state index contributed by atoms with van der Waals surface area (Å²) in [5.41, 5.74) is 1.74. The summed E-state index contributed by atoms with van der Waals surface area (Å²) in [7, 11) is 0. The Morgan fingerprint density at radius 1 is 0.944 bits per heavy atom. The number of hydrogen-bond donors (Lipinski definition) is 0. The Balaban J connectivity index is 2.31. The molecule has 0 unspecified atom stereocenters. The molecule has 2 nitrogen and oxygen atoms in total. The van der Waals surface area contributed by atoms with Crippen LogP contribution in [-0.2, 0) is 0 Å². The average Bonchev–Trinajstić information content (AvgIpc) is 2.39. The quantitative estimate of drug-likeness (QED) is 0.630. The molecular weight excluding hydrogens is 292 g/mol. The molecule has 18 heavy (non-hydrogen) atoms. The first-order valence-electron chi connectivity index (χ1n) is 5.53. The molecule has 0 N–H and O–H groups in total. The van der Waals surface area contributed by atoms with Crippen molar-refractivity contribution in [2.24, 2.45) is 0 Å². The Kier molecular flexibility index (Phi) is 2.76. The predicted octanol–water partition coefficient (Wildman–Crippen LogP) is 4.22. The summed E-state index contributed by atoms with van der Waals surface area (Å²) in [4.78, 5) is 11.9. The van der Waals surface area contributed by atoms with Gasteiger partial charge in [0.15, 0.2) is 0 Å². The minimum atomic E-state index is -0.309. The first-order chi connectivity index (χ1) is 8.74. The Hall–Kier alpha value is -1.87. The molecule has 1 heterocycles. The highest BCUT2D eigenvalue weighted by Gasteiger charge is 2.07. The van der Waals surface area contributed by atoms with Crippen LogP contribution in [0.2, 0.25) is 0 Å². The van der Waals surface area contributed by atoms with Gasteiger partial charge in [-0.3, -0.25) is 0 Å². The lowest BCUT2D eigenvalue weighted by Gasteiger charge is -2.02. The normalized spacial score (nSPS) is 10.7. The number of fused-ring (bicyclic) bond motifs is 1. The molecule has 0 aliphatic heterocycles. The van der Waals surface area contributed by atoms with Crippen molar-refractivity contribution in [1.82, 2.24) is 0 Å². The van der Waals surface area contributed by atoms with Gasteiger partial charge in [-0.1, -0.05) is 46.3 Å². The number of rotatable bonds is 1. The Bertz CT molecular complexity index is 760. The highest BCUT2D eigenvalue weighted by Crippen LogP contribution is 2.23. The van der Waals surface area contributed by atoms with Gasteiger partial charge in [0.2, 0.25) is 0 Å². The summed E-state index contributed by atoms with van der Waals surface area (Å²) in [5.74, 6) is 0. The summed E-state index contributed by atoms with van der Waals surface area (Å²) in [6.45, 7) is 0. The zero-order valence-electron chi connectivity index (χ0n) is 9.39. The van der Waals surface area contributed by atoms with E-state index >= 15 is 0 Å². The van der Waals surface area contributed by atoms with E-state index in [1.165, 1.54) is 0 Å². The Morgan fingerprint density at radius 3 is 2.50 bits per heavy atom. The van der Waals surface area contributed by atoms with Crippen LogP contribution >= 0.6 is 15.9 Å². The third kappa shape index (κ3) is 1.97. The molecule has 0 spiro atoms. The molecule has 3 rings (SSSR count). The van der Waals surface area contributed by atoms with Crippen LogP contribution in [0.4, 0.5) is 0 Å². The van der Waals surface area contributed by atoms with Gasteiger partial charge in [-0.15, -0.1) is 0 Å². The second-order valence-electron chi connectivity index (χ2n) is 4.00. The lowest BCUT2D eigenvalue weighted by Crippen LogP contribution is -2.02. The molecule has 0 radical (unpaired) electrons. The fraction of sp³-hybridized carbons (Fsp3) is 0. The largest absolute Gasteiger partial charge is 0.422 e. The minimum Gasteiger partial charge on any atom is -0.422 e. The SMILES string of the molecule is O=c1oc2ccc(Br)cc2cc1-c1ccccc1. The van der Waals surface area contributed by atoms with Crippen molar-refractivity contribution in [3.8, 4) is 11.1 Å². The van der Waals surface area contributed by atoms with Crippen molar-refractivity contribution in [2.75, 3.05) is 0 Å². The summed E-state index contributed by atoms with van der Waals surface area (Å²) >= 11 is 3.41. The molecule has 3 heteroatoms. The van der Waals surface area contributed by atoms with Crippen LogP contribution in [-0.4, -0.2) is 0 Å². The van der Waals surface area contributed by atoms with E-state index in [1.54, 1.807) is 6.07 Å². The second kappa shape index (κ2) is 4.42. The Labute approximate surface area is 112 Å². The standard InChI is InChI=1S/C15H9BrO2/c16-12-6-7-14-11(8-12)9-13(15(17)18-14)10-4-2-1-3-5-10/h1-9H. The number of hydrogen-bond acceptors (Lipinski definition) is 2. The van der Waals surface area contributed by atoms with Gasteiger partial charge in [0.05, 0.1) is 5.56 Å². The molecule has 0 amide bonds. The zero-order valence-corrected chi connectivity index (χ0v) is 11.0. The first kappa shape index (κ1) is 11.2. The summed E-state index contributed by atoms with van der Waals surface area (Å²) in [6, 6.07) is 17.0. The molecule has 0 saturated carbocycles. The molecule has 0 saturated heterocycles. The third-order valence-corrected chi connectivity index (χ3v) is 3.27. The molecule has 0 aliphatic carbocycles. The Morgan fingerprint density at radius 2 is 1.72 bits per heavy atom. The first-order valence-corrected chi connectivity index (χ1v) is 6.32. The van der Waals surface area contributed by atoms with E-state index in [4.69, 9.17) is 4.42 Å². The van der Waals surface area contributed by atoms with E-state index in [-0.39, 0.29) is 5.63 Å². The van der Waals surface area contributed by atoms with Crippen LogP contribution in [0.1, 0.15) is 0 Å². The van der Waals surface area contributed by atoms with E-state index in [9.17, 15) is 4.79 Å². The van der Waals surface area contributed by atoms with Crippen LogP contribution in [0.5, 0.6) is 0 Å². The molecular formula is C15H9BrO2. The molecule has 3 aromatic rings. The predicted molar refractivity (Wildman–Crippen MR) is 75.6 cm³/mol. The van der Waals surface area contributed by atoms with Crippen LogP contribution < -0.4 is 5.63 Å². The van der Waals surface area contributed by atoms with E-state index < -0.39 is 0 Å². The minimum absolute atomic E-state index is 0.309. The lowest BCUT2D eigenvalue weighted by atomic mass is 10.1. The van der Waals surface area contributed by atoms with Gasteiger partial charge in [-0.2, -0.15) is 0 Å². The van der Waals surface area contributed by atoms with Gasteiger partial charge < -0.3 is 4.42 Å². The molecule has 88 valence electrons. The van der Waals surface area contributed by atoms with Crippen LogP contribution in [0, 0.1) is 0 Å². The van der Waals surface area contributed by atoms with E-state index in [0.29, 0.717) is 11.1 Å². The smallest absolute Gasteiger partial charge is 0.344 e. The summed E-state index contributed by atoms with van der Waals surface area (Å²) in [6.07, 6.45) is 0. The van der Waals surface area contributed by atoms with Gasteiger partial charge in [-0.25, -0.2) is 4.79 Å². The van der Waals surface area contributed by atoms with Crippen molar-refractivity contribution >= 4 is 26.9 Å². The lowest BCUT2D eigenvalue weighted by molar-refractivity contribution is 0.563. The van der Waals surface area contributed by atoms with E-state index in [2.05, 4.69) is 15.9 Å². The number of benzene rings is 2. The summed E-state index contributed by atoms with van der Waals surface area (Å²) in [5, 5.41) is 0.905. The molecule has 0 atom stereocenters. The molecule has 0 bridgehead atoms. The fourth-order valence-electron chi connectivity index (χ4n) is 1.91. The van der Waals surface area contributed by atoms with Gasteiger partial charge in [0, 0.05) is 9.86 Å². The molecule has 1 aromatic heterocycles. The number of halogens is 1. The van der Waals surface area contributed by atoms with Gasteiger partial charge in [0.1, 0.15) is 5.58 Å². The van der Waals surface area contributed by atoms with E-state index in [0.717, 1.165) is 15.4 Å². The average molecular weight is 301 g/mol. The second-order valence-corrected chi connectivity index (χ2v) is 4.91. The van der Waals surface area contributed by atoms with Crippen molar-refractivity contribution in [3.05, 3.63) is 69.5 Å². The van der Waals surface area contributed by atoms with Gasteiger partial charge in [0.25, 0.3) is 0 Å². The van der Waals surface area contributed by atoms with Crippen LogP contribution in [0.3, 0.4) is 0 Å². The summed E-state index contributed by atoms with van der Waals surface area (Å²) < 4.78 is 6.29. The highest BCUT2D eigenvalue weighted by molar-refractivity contribution is 9.10. The monoisotopic (exact) mass is 300 g/mol. The third-order valence-electron chi connectivity index (χ3n) is 2.78. The topological polar surface area (TPSA) is 30.2 Å². The van der Waals surface area contributed by atoms with Crippen molar-refractivity contribution < 1.29 is 4.42 Å². The van der Waals surface area contributed by atoms with Crippen LogP contribution in [0.25, 0.3) is 22.1 Å². The molecule has 0 fully saturated rings. The van der Waals surface area contributed by atoms with E-state index in [1.807, 2.05) is 48.5 Å². The highest BCUT2D eigenvalue weighted by atomic mass is 79.9. The fourth-order valence-corrected chi connectivity index (χ4v) is 2.29. The van der Waals surface area contributed by atoms with Crippen LogP contribution in [0.15, 0.2) is 68.3 Å². The maximum atomic E-state index is 11.9. The van der Waals surface area contributed by atoms with Gasteiger partial charge >= 0.3 is 5.63 Å². The van der Waals surface area contributed by atoms with Crippen molar-refractivity contribution in [3.63, 3.8) is 0 Å². The van der Waals surface area contributed by atoms with Gasteiger partial charge in [-0.05, 0) is 29.8 Å². The zero-order chi connectivity index (χ0) is 12.5.